The number of nitrogens with one attached hydrogen (secondary N) is 1. The SMILES string of the molecule is CC[C@H](C)CN/C=C\N. The molecule has 2 nitrogen and oxygen atoms in total. The van der Waals surface area contributed by atoms with Crippen molar-refractivity contribution in [3.63, 3.8) is 0 Å². The van der Waals surface area contributed by atoms with Gasteiger partial charge in [0, 0.05) is 18.9 Å². The standard InChI is InChI=1S/C7H16N2/c1-3-7(2)6-9-5-4-8/h4-5,7,9H,3,6,8H2,1-2H3/b5-4-/t7-/m0/s1. The van der Waals surface area contributed by atoms with Gasteiger partial charge in [-0.3, -0.25) is 0 Å². The molecule has 0 rings (SSSR count). The van der Waals surface area contributed by atoms with Crippen molar-refractivity contribution in [3.8, 4) is 0 Å². The molecule has 9 heavy (non-hydrogen) atoms. The number of rotatable bonds is 4. The Bertz CT molecular complexity index is 79.0. The highest BCUT2D eigenvalue weighted by Crippen LogP contribution is 1.96. The maximum Gasteiger partial charge on any atom is 0.0167 e. The first-order valence-corrected chi connectivity index (χ1v) is 3.41. The summed E-state index contributed by atoms with van der Waals surface area (Å²) in [5, 5.41) is 3.08. The zero-order valence-electron chi connectivity index (χ0n) is 6.22. The molecule has 54 valence electrons. The summed E-state index contributed by atoms with van der Waals surface area (Å²) in [6.45, 7) is 5.40. The minimum atomic E-state index is 0.737. The van der Waals surface area contributed by atoms with Crippen LogP contribution in [0.3, 0.4) is 0 Å². The highest BCUT2D eigenvalue weighted by molar-refractivity contribution is 4.73. The number of hydrogen-bond acceptors (Lipinski definition) is 2. The molecule has 0 saturated carbocycles. The molecule has 0 bridgehead atoms. The van der Waals surface area contributed by atoms with Gasteiger partial charge in [-0.25, -0.2) is 0 Å². The normalized spacial score (nSPS) is 14.0. The van der Waals surface area contributed by atoms with Crippen molar-refractivity contribution in [1.29, 1.82) is 0 Å². The molecule has 0 radical (unpaired) electrons. The second-order valence-electron chi connectivity index (χ2n) is 2.28. The van der Waals surface area contributed by atoms with Gasteiger partial charge in [-0.1, -0.05) is 20.3 Å². The highest BCUT2D eigenvalue weighted by atomic mass is 14.8. The summed E-state index contributed by atoms with van der Waals surface area (Å²) in [6, 6.07) is 0. The molecule has 0 fully saturated rings. The van der Waals surface area contributed by atoms with Gasteiger partial charge in [0.1, 0.15) is 0 Å². The molecular weight excluding hydrogens is 112 g/mol. The summed E-state index contributed by atoms with van der Waals surface area (Å²) >= 11 is 0. The fourth-order valence-electron chi connectivity index (χ4n) is 0.482. The van der Waals surface area contributed by atoms with E-state index < -0.39 is 0 Å². The van der Waals surface area contributed by atoms with Crippen LogP contribution in [0, 0.1) is 5.92 Å². The average molecular weight is 128 g/mol. The van der Waals surface area contributed by atoms with Crippen LogP contribution in [-0.4, -0.2) is 6.54 Å². The van der Waals surface area contributed by atoms with E-state index in [-0.39, 0.29) is 0 Å². The Morgan fingerprint density at radius 3 is 2.78 bits per heavy atom. The van der Waals surface area contributed by atoms with Gasteiger partial charge in [0.2, 0.25) is 0 Å². The van der Waals surface area contributed by atoms with E-state index in [9.17, 15) is 0 Å². The van der Waals surface area contributed by atoms with Gasteiger partial charge in [-0.05, 0) is 5.92 Å². The van der Waals surface area contributed by atoms with E-state index in [1.807, 2.05) is 0 Å². The van der Waals surface area contributed by atoms with Crippen molar-refractivity contribution >= 4 is 0 Å². The van der Waals surface area contributed by atoms with E-state index in [1.54, 1.807) is 6.20 Å². The lowest BCUT2D eigenvalue weighted by Gasteiger charge is -2.06. The Hall–Kier alpha value is -0.660. The molecule has 1 atom stereocenters. The molecule has 3 N–H and O–H groups in total. The Morgan fingerprint density at radius 1 is 1.67 bits per heavy atom. The van der Waals surface area contributed by atoms with E-state index in [0.717, 1.165) is 12.5 Å². The van der Waals surface area contributed by atoms with Gasteiger partial charge in [-0.2, -0.15) is 0 Å². The topological polar surface area (TPSA) is 38.0 Å². The van der Waals surface area contributed by atoms with Crippen LogP contribution in [-0.2, 0) is 0 Å². The van der Waals surface area contributed by atoms with E-state index in [4.69, 9.17) is 5.73 Å². The minimum Gasteiger partial charge on any atom is -0.403 e. The van der Waals surface area contributed by atoms with E-state index in [2.05, 4.69) is 19.2 Å². The van der Waals surface area contributed by atoms with Gasteiger partial charge in [0.25, 0.3) is 0 Å². The number of hydrogen-bond donors (Lipinski definition) is 2. The third kappa shape index (κ3) is 5.21. The molecule has 0 aromatic carbocycles. The maximum absolute atomic E-state index is 5.11. The number of nitrogens with two attached hydrogens (primary N) is 1. The largest absolute Gasteiger partial charge is 0.403 e. The summed E-state index contributed by atoms with van der Waals surface area (Å²) < 4.78 is 0. The fraction of sp³-hybridized carbons (Fsp3) is 0.714. The zero-order valence-corrected chi connectivity index (χ0v) is 6.22. The second-order valence-corrected chi connectivity index (χ2v) is 2.28. The maximum atomic E-state index is 5.11. The van der Waals surface area contributed by atoms with Crippen LogP contribution < -0.4 is 11.1 Å². The molecule has 0 aliphatic rings. The Morgan fingerprint density at radius 2 is 2.33 bits per heavy atom. The van der Waals surface area contributed by atoms with Crippen LogP contribution in [0.5, 0.6) is 0 Å². The molecule has 0 aliphatic carbocycles. The van der Waals surface area contributed by atoms with Crippen molar-refractivity contribution in [3.05, 3.63) is 12.4 Å². The van der Waals surface area contributed by atoms with E-state index >= 15 is 0 Å². The Kier molecular flexibility index (Phi) is 5.07. The molecule has 0 aromatic heterocycles. The Labute approximate surface area is 57.1 Å². The first kappa shape index (κ1) is 8.34. The van der Waals surface area contributed by atoms with Crippen LogP contribution in [0.2, 0.25) is 0 Å². The van der Waals surface area contributed by atoms with Gasteiger partial charge in [-0.15, -0.1) is 0 Å². The molecule has 0 aliphatic heterocycles. The van der Waals surface area contributed by atoms with Crippen molar-refractivity contribution in [2.45, 2.75) is 20.3 Å². The van der Waals surface area contributed by atoms with Gasteiger partial charge in [0.05, 0.1) is 0 Å². The molecule has 0 saturated heterocycles. The predicted octanol–water partition coefficient (Wildman–Crippen LogP) is 1.05. The third-order valence-electron chi connectivity index (χ3n) is 1.38. The van der Waals surface area contributed by atoms with E-state index in [1.165, 1.54) is 12.6 Å². The monoisotopic (exact) mass is 128 g/mol. The summed E-state index contributed by atoms with van der Waals surface area (Å²) in [7, 11) is 0. The summed E-state index contributed by atoms with van der Waals surface area (Å²) in [5.74, 6) is 0.737. The predicted molar refractivity (Wildman–Crippen MR) is 40.8 cm³/mol. The smallest absolute Gasteiger partial charge is 0.0167 e. The van der Waals surface area contributed by atoms with Crippen molar-refractivity contribution < 1.29 is 0 Å². The summed E-state index contributed by atoms with van der Waals surface area (Å²) in [6.07, 6.45) is 4.50. The molecule has 2 heteroatoms. The molecule has 0 amide bonds. The van der Waals surface area contributed by atoms with Crippen LogP contribution in [0.15, 0.2) is 12.4 Å². The summed E-state index contributed by atoms with van der Waals surface area (Å²) in [5.41, 5.74) is 5.11. The second kappa shape index (κ2) is 5.48. The van der Waals surface area contributed by atoms with Gasteiger partial charge in [0.15, 0.2) is 0 Å². The first-order chi connectivity index (χ1) is 4.31. The average Bonchev–Trinajstić information content (AvgIpc) is 1.89. The highest BCUT2D eigenvalue weighted by Gasteiger charge is 1.93. The zero-order chi connectivity index (χ0) is 7.11. The third-order valence-corrected chi connectivity index (χ3v) is 1.38. The lowest BCUT2D eigenvalue weighted by Crippen LogP contribution is -2.14. The van der Waals surface area contributed by atoms with Crippen molar-refractivity contribution in [1.82, 2.24) is 5.32 Å². The Balaban J connectivity index is 3.06. The molecule has 0 heterocycles. The van der Waals surface area contributed by atoms with Crippen LogP contribution in [0.25, 0.3) is 0 Å². The fourth-order valence-corrected chi connectivity index (χ4v) is 0.482. The van der Waals surface area contributed by atoms with Crippen LogP contribution >= 0.6 is 0 Å². The van der Waals surface area contributed by atoms with Gasteiger partial charge < -0.3 is 11.1 Å². The van der Waals surface area contributed by atoms with Crippen molar-refractivity contribution in [2.24, 2.45) is 11.7 Å². The molecule has 0 unspecified atom stereocenters. The lowest BCUT2D eigenvalue weighted by atomic mass is 10.1. The first-order valence-electron chi connectivity index (χ1n) is 3.41. The van der Waals surface area contributed by atoms with Gasteiger partial charge >= 0.3 is 0 Å². The summed E-state index contributed by atoms with van der Waals surface area (Å²) in [4.78, 5) is 0. The molecule has 0 spiro atoms. The van der Waals surface area contributed by atoms with E-state index in [0.29, 0.717) is 0 Å². The molecule has 0 aromatic rings. The quantitative estimate of drug-likeness (QED) is 0.594. The van der Waals surface area contributed by atoms with Crippen LogP contribution in [0.1, 0.15) is 20.3 Å². The molecular formula is C7H16N2. The van der Waals surface area contributed by atoms with Crippen LogP contribution in [0.4, 0.5) is 0 Å². The minimum absolute atomic E-state index is 0.737. The van der Waals surface area contributed by atoms with Crippen molar-refractivity contribution in [2.75, 3.05) is 6.54 Å². The lowest BCUT2D eigenvalue weighted by molar-refractivity contribution is 0.539.